The highest BCUT2D eigenvalue weighted by molar-refractivity contribution is 14.2. The highest BCUT2D eigenvalue weighted by Crippen LogP contribution is 2.37. The maximum absolute atomic E-state index is 13.1. The van der Waals surface area contributed by atoms with E-state index >= 15 is 0 Å². The van der Waals surface area contributed by atoms with Crippen LogP contribution in [0.2, 0.25) is 0 Å². The molecule has 35 heavy (non-hydrogen) atoms. The molecular weight excluding hydrogens is 612 g/mol. The lowest BCUT2D eigenvalue weighted by atomic mass is 9.86. The second-order valence-electron chi connectivity index (χ2n) is 7.65. The highest BCUT2D eigenvalue weighted by atomic mass is 127. The van der Waals surface area contributed by atoms with Gasteiger partial charge in [-0.15, -0.1) is 0 Å². The highest BCUT2D eigenvalue weighted by Gasteiger charge is 2.37. The second kappa shape index (κ2) is 11.3. The number of rotatable bonds is 6. The number of halogens is 7. The molecule has 1 aliphatic rings. The number of benzene rings is 2. The molecule has 2 amide bonds. The van der Waals surface area contributed by atoms with Gasteiger partial charge < -0.3 is 5.32 Å². The van der Waals surface area contributed by atoms with Gasteiger partial charge in [-0.1, -0.05) is 18.2 Å². The van der Waals surface area contributed by atoms with Gasteiger partial charge in [0.05, 0.1) is 17.2 Å². The largest absolute Gasteiger partial charge is 0.416 e. The van der Waals surface area contributed by atoms with Crippen LogP contribution in [0.5, 0.6) is 0 Å². The number of amides is 2. The summed E-state index contributed by atoms with van der Waals surface area (Å²) in [6.45, 7) is 0.0602. The van der Waals surface area contributed by atoms with Gasteiger partial charge in [0.2, 0.25) is 0 Å². The van der Waals surface area contributed by atoms with E-state index < -0.39 is 46.9 Å². The summed E-state index contributed by atoms with van der Waals surface area (Å²) in [6.07, 6.45) is -5.46. The van der Waals surface area contributed by atoms with E-state index in [0.29, 0.717) is 42.5 Å². The van der Waals surface area contributed by atoms with Crippen molar-refractivity contribution >= 4 is 46.4 Å². The molecule has 2 unspecified atom stereocenters. The Labute approximate surface area is 211 Å². The van der Waals surface area contributed by atoms with E-state index in [-0.39, 0.29) is 12.5 Å². The summed E-state index contributed by atoms with van der Waals surface area (Å²) in [7, 11) is 0. The first-order valence-corrected chi connectivity index (χ1v) is 14.1. The third-order valence-corrected chi connectivity index (χ3v) is 6.09. The van der Waals surface area contributed by atoms with Crippen LogP contribution < -0.4 is 10.8 Å². The number of hydrogen-bond donors (Lipinski definition) is 2. The fourth-order valence-electron chi connectivity index (χ4n) is 3.69. The van der Waals surface area contributed by atoms with E-state index in [2.05, 4.69) is 10.8 Å². The molecule has 0 fully saturated rings. The Morgan fingerprint density at radius 2 is 1.69 bits per heavy atom. The van der Waals surface area contributed by atoms with Gasteiger partial charge in [-0.3, -0.25) is 9.59 Å². The summed E-state index contributed by atoms with van der Waals surface area (Å²) in [4.78, 5) is 24.3. The van der Waals surface area contributed by atoms with E-state index in [9.17, 15) is 35.9 Å². The molecule has 0 aliphatic heterocycles. The van der Waals surface area contributed by atoms with Crippen molar-refractivity contribution in [2.24, 2.45) is 0 Å². The number of carbonyl (C=O) groups is 2. The number of fused-ring (bicyclic) bond motifs is 1. The molecule has 2 aromatic rings. The van der Waals surface area contributed by atoms with Gasteiger partial charge in [0.15, 0.2) is 0 Å². The molecular formula is C22H18F6IN2O3P. The van der Waals surface area contributed by atoms with Crippen molar-refractivity contribution in [3.63, 3.8) is 0 Å². The number of alkyl halides is 6. The Morgan fingerprint density at radius 1 is 1.03 bits per heavy atom. The van der Waals surface area contributed by atoms with Crippen LogP contribution in [0.3, 0.4) is 0 Å². The Hall–Kier alpha value is -2.18. The first kappa shape index (κ1) is 27.4. The second-order valence-corrected chi connectivity index (χ2v) is 9.33. The number of carbonyl (C=O) groups excluding carboxylic acids is 2. The first-order chi connectivity index (χ1) is 16.4. The summed E-state index contributed by atoms with van der Waals surface area (Å²) >= 11 is 1.94. The Kier molecular flexibility index (Phi) is 8.81. The molecule has 1 aliphatic carbocycles. The van der Waals surface area contributed by atoms with E-state index in [1.807, 2.05) is 28.1 Å². The average molecular weight is 630 g/mol. The molecule has 5 nitrogen and oxygen atoms in total. The van der Waals surface area contributed by atoms with E-state index in [1.54, 1.807) is 18.2 Å². The van der Waals surface area contributed by atoms with Gasteiger partial charge >= 0.3 is 12.4 Å². The molecule has 0 saturated heterocycles. The van der Waals surface area contributed by atoms with Crippen LogP contribution in [0.1, 0.15) is 57.1 Å². The van der Waals surface area contributed by atoms with E-state index in [4.69, 9.17) is 4.62 Å². The van der Waals surface area contributed by atoms with Crippen molar-refractivity contribution in [3.05, 3.63) is 75.9 Å². The molecule has 0 aromatic heterocycles. The minimum atomic E-state index is -5.04. The van der Waals surface area contributed by atoms with Crippen LogP contribution in [0.25, 0.3) is 6.08 Å². The molecule has 188 valence electrons. The Morgan fingerprint density at radius 3 is 2.29 bits per heavy atom. The third kappa shape index (κ3) is 7.40. The van der Waals surface area contributed by atoms with Gasteiger partial charge in [0.25, 0.3) is 11.8 Å². The van der Waals surface area contributed by atoms with Gasteiger partial charge in [0.1, 0.15) is 6.45 Å². The zero-order valence-corrected chi connectivity index (χ0v) is 20.8. The molecule has 0 heterocycles. The zero-order valence-electron chi connectivity index (χ0n) is 17.7. The molecule has 0 saturated carbocycles. The summed E-state index contributed by atoms with van der Waals surface area (Å²) in [5.74, 6) is -1.48. The molecule has 0 spiro atoms. The predicted octanol–water partition coefficient (Wildman–Crippen LogP) is 6.54. The fraction of sp³-hybridized carbons (Fsp3) is 0.273. The Bertz CT molecular complexity index is 1100. The minimum Gasteiger partial charge on any atom is -0.345 e. The van der Waals surface area contributed by atoms with Crippen molar-refractivity contribution in [1.82, 2.24) is 10.8 Å². The SMILES string of the molecule is O=C(/C=C/c1ccc2c(c1)CCCC2NC(=O)c1cc(C(F)(F)F)cc(C(F)(F)F)c1)NOPI. The lowest BCUT2D eigenvalue weighted by Gasteiger charge is -2.27. The monoisotopic (exact) mass is 630 g/mol. The Balaban J connectivity index is 1.82. The normalized spacial score (nSPS) is 16.5. The maximum atomic E-state index is 13.1. The van der Waals surface area contributed by atoms with Gasteiger partial charge in [-0.2, -0.15) is 26.3 Å². The van der Waals surface area contributed by atoms with Crippen molar-refractivity contribution in [1.29, 1.82) is 0 Å². The number of hydrogen-bond acceptors (Lipinski definition) is 3. The molecule has 0 bridgehead atoms. The lowest BCUT2D eigenvalue weighted by molar-refractivity contribution is -0.143. The van der Waals surface area contributed by atoms with Crippen molar-refractivity contribution < 1.29 is 40.6 Å². The maximum Gasteiger partial charge on any atom is 0.416 e. The quantitative estimate of drug-likeness (QED) is 0.125. The van der Waals surface area contributed by atoms with Crippen LogP contribution in [0, 0.1) is 0 Å². The smallest absolute Gasteiger partial charge is 0.345 e. The molecule has 2 atom stereocenters. The van der Waals surface area contributed by atoms with Crippen LogP contribution >= 0.6 is 28.5 Å². The lowest BCUT2D eigenvalue weighted by Crippen LogP contribution is -2.31. The first-order valence-electron chi connectivity index (χ1n) is 10.1. The summed E-state index contributed by atoms with van der Waals surface area (Å²) in [6, 6.07) is 5.44. The standard InChI is InChI=1S/C22H18F6IN2O3P/c23-21(24,25)15-9-14(10-16(11-15)22(26,27)28)20(33)30-18-3-1-2-13-8-12(4-6-17(13)18)5-7-19(32)31-34-35-29/h4-11,18,35H,1-3H2,(H,30,33)(H,31,32)/b7-5+. The van der Waals surface area contributed by atoms with E-state index in [1.165, 1.54) is 6.08 Å². The third-order valence-electron chi connectivity index (χ3n) is 5.25. The molecule has 0 radical (unpaired) electrons. The van der Waals surface area contributed by atoms with Gasteiger partial charge in [-0.25, -0.2) is 10.1 Å². The number of hydroxylamine groups is 1. The molecule has 2 N–H and O–H groups in total. The molecule has 2 aromatic carbocycles. The van der Waals surface area contributed by atoms with Crippen molar-refractivity contribution in [3.8, 4) is 0 Å². The van der Waals surface area contributed by atoms with Crippen LogP contribution in [0.15, 0.2) is 42.5 Å². The molecule has 13 heteroatoms. The van der Waals surface area contributed by atoms with Crippen molar-refractivity contribution in [2.45, 2.75) is 37.7 Å². The topological polar surface area (TPSA) is 67.4 Å². The van der Waals surface area contributed by atoms with Gasteiger partial charge in [0, 0.05) is 11.6 Å². The average Bonchev–Trinajstić information content (AvgIpc) is 2.80. The van der Waals surface area contributed by atoms with Crippen LogP contribution in [0.4, 0.5) is 26.3 Å². The fourth-order valence-corrected chi connectivity index (χ4v) is 4.16. The predicted molar refractivity (Wildman–Crippen MR) is 127 cm³/mol. The number of aryl methyl sites for hydroxylation is 1. The minimum absolute atomic E-state index is 0.0175. The van der Waals surface area contributed by atoms with E-state index in [0.717, 1.165) is 5.56 Å². The summed E-state index contributed by atoms with van der Waals surface area (Å²) in [5.41, 5.74) is 0.676. The summed E-state index contributed by atoms with van der Waals surface area (Å²) < 4.78 is 83.6. The van der Waals surface area contributed by atoms with Crippen LogP contribution in [-0.4, -0.2) is 11.8 Å². The summed E-state index contributed by atoms with van der Waals surface area (Å²) in [5, 5.41) is 2.57. The molecule has 3 rings (SSSR count). The van der Waals surface area contributed by atoms with Gasteiger partial charge in [-0.05, 0) is 82.3 Å². The number of nitrogens with one attached hydrogen (secondary N) is 2. The zero-order chi connectivity index (χ0) is 25.8. The van der Waals surface area contributed by atoms with Crippen molar-refractivity contribution in [2.75, 3.05) is 0 Å². The van der Waals surface area contributed by atoms with Crippen LogP contribution in [-0.2, 0) is 28.2 Å².